The zero-order valence-corrected chi connectivity index (χ0v) is 38.8. The van der Waals surface area contributed by atoms with Gasteiger partial charge in [-0.15, -0.1) is 0 Å². The fraction of sp³-hybridized carbons (Fsp3) is 0.161. The molecule has 0 atom stereocenters. The van der Waals surface area contributed by atoms with E-state index < -0.39 is 21.4 Å². The van der Waals surface area contributed by atoms with E-state index in [-0.39, 0.29) is 10.6 Å². The van der Waals surface area contributed by atoms with Gasteiger partial charge in [-0.2, -0.15) is 0 Å². The van der Waals surface area contributed by atoms with Gasteiger partial charge in [-0.05, 0) is 99.5 Å². The lowest BCUT2D eigenvalue weighted by atomic mass is 9.50. The van der Waals surface area contributed by atoms with Gasteiger partial charge in [0.25, 0.3) is 0 Å². The van der Waals surface area contributed by atoms with Gasteiger partial charge in [0, 0.05) is 40.4 Å². The summed E-state index contributed by atoms with van der Waals surface area (Å²) in [5, 5.41) is 1.77. The summed E-state index contributed by atoms with van der Waals surface area (Å²) in [6, 6.07) is 63.7. The van der Waals surface area contributed by atoms with Crippen LogP contribution in [0.25, 0.3) is 49.9 Å². The second-order valence-electron chi connectivity index (χ2n) is 19.7. The first kappa shape index (κ1) is 42.6. The molecule has 7 aromatic carbocycles. The second kappa shape index (κ2) is 17.0. The summed E-state index contributed by atoms with van der Waals surface area (Å²) in [4.78, 5) is 9.53. The van der Waals surface area contributed by atoms with Crippen molar-refractivity contribution in [1.29, 1.82) is 0 Å². The molecule has 0 amide bonds. The molecular formula is C56H51B3N4O4. The molecule has 0 saturated carbocycles. The molecule has 2 aliphatic heterocycles. The first-order valence-corrected chi connectivity index (χ1v) is 23.1. The maximum Gasteiger partial charge on any atom is 0.466 e. The molecular weight excluding hydrogens is 825 g/mol. The number of pyridine rings is 1. The van der Waals surface area contributed by atoms with Crippen molar-refractivity contribution in [3.8, 4) is 39.6 Å². The van der Waals surface area contributed by atoms with E-state index in [1.807, 2.05) is 24.4 Å². The van der Waals surface area contributed by atoms with E-state index in [0.717, 1.165) is 78.5 Å². The Morgan fingerprint density at radius 2 is 1.16 bits per heavy atom. The number of aromatic nitrogens is 2. The third-order valence-electron chi connectivity index (χ3n) is 12.7. The molecule has 0 aliphatic carbocycles. The number of para-hydroxylation sites is 2. The molecule has 1 saturated heterocycles. The van der Waals surface area contributed by atoms with Crippen molar-refractivity contribution in [3.05, 3.63) is 188 Å². The van der Waals surface area contributed by atoms with Crippen molar-refractivity contribution < 1.29 is 18.5 Å². The summed E-state index contributed by atoms with van der Waals surface area (Å²) in [6.07, 6.45) is 1.84. The van der Waals surface area contributed by atoms with Crippen molar-refractivity contribution in [2.45, 2.75) is 52.2 Å². The van der Waals surface area contributed by atoms with Crippen molar-refractivity contribution >= 4 is 71.4 Å². The predicted octanol–water partition coefficient (Wildman–Crippen LogP) is 13.9. The Balaban J connectivity index is 0.945. The average molecular weight is 876 g/mol. The van der Waals surface area contributed by atoms with Crippen molar-refractivity contribution in [1.82, 2.24) is 9.55 Å². The highest BCUT2D eigenvalue weighted by atomic mass is 16.7. The van der Waals surface area contributed by atoms with Gasteiger partial charge in [-0.25, -0.2) is 4.98 Å². The van der Waals surface area contributed by atoms with Gasteiger partial charge < -0.3 is 28.3 Å². The topological polar surface area (TPSA) is 61.2 Å². The van der Waals surface area contributed by atoms with E-state index in [1.54, 1.807) is 0 Å². The van der Waals surface area contributed by atoms with Crippen LogP contribution in [-0.4, -0.2) is 37.6 Å². The largest absolute Gasteiger partial charge is 0.466 e. The molecule has 9 aromatic rings. The van der Waals surface area contributed by atoms with E-state index in [1.165, 1.54) is 11.1 Å². The van der Waals surface area contributed by atoms with Crippen LogP contribution in [0.3, 0.4) is 0 Å². The van der Waals surface area contributed by atoms with Gasteiger partial charge in [0.2, 0.25) is 0 Å². The molecule has 2 aromatic heterocycles. The van der Waals surface area contributed by atoms with Crippen LogP contribution in [0.1, 0.15) is 41.5 Å². The Labute approximate surface area is 394 Å². The number of ether oxygens (including phenoxy) is 1. The number of rotatable bonds is 8. The van der Waals surface area contributed by atoms with E-state index in [9.17, 15) is 0 Å². The maximum absolute atomic E-state index is 6.78. The molecule has 0 bridgehead atoms. The Kier molecular flexibility index (Phi) is 10.8. The van der Waals surface area contributed by atoms with E-state index in [4.69, 9.17) is 23.4 Å². The standard InChI is InChI=1S/C56H51B3N4O4/c1-55(2,3)58-65-57(66-59(67-58)56(4,5)6)42-28-30-46(40-20-11-8-12-21-40)52(35-42)62-38-61(50-24-13-14-25-51(50)62)43-22-17-23-44(36-43)64-45-29-31-47-48-34-41(39-18-9-7-10-19-39)27-32-49(48)63(53(47)37-45)54-26-15-16-33-60-54/h7-37H,38H2,1-6H3. The zero-order valence-electron chi connectivity index (χ0n) is 38.8. The fourth-order valence-corrected chi connectivity index (χ4v) is 9.29. The van der Waals surface area contributed by atoms with E-state index >= 15 is 0 Å². The lowest BCUT2D eigenvalue weighted by molar-refractivity contribution is 0.250. The fourth-order valence-electron chi connectivity index (χ4n) is 9.29. The highest BCUT2D eigenvalue weighted by molar-refractivity contribution is 6.81. The number of benzene rings is 7. The molecule has 2 aliphatic rings. The summed E-state index contributed by atoms with van der Waals surface area (Å²) in [7, 11) is -1.53. The zero-order chi connectivity index (χ0) is 45.9. The van der Waals surface area contributed by atoms with Gasteiger partial charge in [-0.1, -0.05) is 145 Å². The smallest absolute Gasteiger partial charge is 0.457 e. The van der Waals surface area contributed by atoms with Gasteiger partial charge in [0.15, 0.2) is 0 Å². The molecule has 0 N–H and O–H groups in total. The molecule has 328 valence electrons. The van der Waals surface area contributed by atoms with Crippen LogP contribution in [-0.2, 0) is 13.7 Å². The summed E-state index contributed by atoms with van der Waals surface area (Å²) in [5.41, 5.74) is 11.9. The van der Waals surface area contributed by atoms with E-state index in [0.29, 0.717) is 6.67 Å². The number of anilines is 4. The Bertz CT molecular complexity index is 3220. The normalized spacial score (nSPS) is 14.3. The molecule has 1 fully saturated rings. The molecule has 0 unspecified atom stereocenters. The van der Waals surface area contributed by atoms with Crippen LogP contribution >= 0.6 is 0 Å². The van der Waals surface area contributed by atoms with E-state index in [2.05, 4.69) is 220 Å². The van der Waals surface area contributed by atoms with Gasteiger partial charge in [0.1, 0.15) is 24.0 Å². The van der Waals surface area contributed by atoms with Gasteiger partial charge in [-0.3, -0.25) is 4.57 Å². The lowest BCUT2D eigenvalue weighted by Crippen LogP contribution is -2.59. The molecule has 67 heavy (non-hydrogen) atoms. The quantitative estimate of drug-likeness (QED) is 0.141. The summed E-state index contributed by atoms with van der Waals surface area (Å²) in [5.74, 6) is 2.33. The predicted molar refractivity (Wildman–Crippen MR) is 278 cm³/mol. The first-order valence-electron chi connectivity index (χ1n) is 23.1. The second-order valence-corrected chi connectivity index (χ2v) is 19.7. The monoisotopic (exact) mass is 876 g/mol. The lowest BCUT2D eigenvalue weighted by Gasteiger charge is -2.41. The van der Waals surface area contributed by atoms with Crippen molar-refractivity contribution in [2.24, 2.45) is 0 Å². The first-order chi connectivity index (χ1) is 32.5. The van der Waals surface area contributed by atoms with Crippen LogP contribution in [0, 0.1) is 0 Å². The number of hydrogen-bond acceptors (Lipinski definition) is 7. The third-order valence-corrected chi connectivity index (χ3v) is 12.7. The summed E-state index contributed by atoms with van der Waals surface area (Å²) >= 11 is 0. The Morgan fingerprint density at radius 1 is 0.493 bits per heavy atom. The van der Waals surface area contributed by atoms with Gasteiger partial charge >= 0.3 is 21.4 Å². The summed E-state index contributed by atoms with van der Waals surface area (Å²) in [6.45, 7) is 13.4. The van der Waals surface area contributed by atoms with Crippen molar-refractivity contribution in [2.75, 3.05) is 16.5 Å². The average Bonchev–Trinajstić information content (AvgIpc) is 3.90. The molecule has 0 spiro atoms. The van der Waals surface area contributed by atoms with Crippen LogP contribution in [0.4, 0.5) is 22.7 Å². The Morgan fingerprint density at radius 3 is 1.87 bits per heavy atom. The number of hydrogen-bond donors (Lipinski definition) is 0. The highest BCUT2D eigenvalue weighted by Crippen LogP contribution is 2.48. The van der Waals surface area contributed by atoms with Gasteiger partial charge in [0.05, 0.1) is 28.1 Å². The SMILES string of the molecule is CC(C)(C)B1OB(c2ccc(-c3ccccc3)c(N3CN(c4cccc(Oc5ccc6c7cc(-c8ccccc8)ccc7n(-c7ccccn7)c6c5)c4)c4ccccc43)c2)OB(C(C)(C)C)O1. The third kappa shape index (κ3) is 8.18. The molecule has 4 heterocycles. The van der Waals surface area contributed by atoms with Crippen LogP contribution in [0.5, 0.6) is 11.5 Å². The van der Waals surface area contributed by atoms with Crippen LogP contribution in [0.2, 0.25) is 10.6 Å². The molecule has 11 rings (SSSR count). The maximum atomic E-state index is 6.78. The minimum absolute atomic E-state index is 0.259. The minimum Gasteiger partial charge on any atom is -0.457 e. The number of nitrogens with zero attached hydrogens (tertiary/aromatic N) is 4. The molecule has 11 heteroatoms. The van der Waals surface area contributed by atoms with Crippen molar-refractivity contribution in [3.63, 3.8) is 0 Å². The highest BCUT2D eigenvalue weighted by Gasteiger charge is 2.51. The van der Waals surface area contributed by atoms with Crippen LogP contribution in [0.15, 0.2) is 188 Å². The summed E-state index contributed by atoms with van der Waals surface area (Å²) < 4.78 is 28.7. The van der Waals surface area contributed by atoms with Crippen LogP contribution < -0.4 is 20.0 Å². The Hall–Kier alpha value is -7.04. The minimum atomic E-state index is -0.621. The molecule has 8 nitrogen and oxygen atoms in total. The number of fused-ring (bicyclic) bond motifs is 4. The molecule has 0 radical (unpaired) electrons.